The normalized spacial score (nSPS) is 16.6. The van der Waals surface area contributed by atoms with Crippen molar-refractivity contribution >= 4 is 17.8 Å². The Hall–Kier alpha value is -2.57. The largest absolute Gasteiger partial charge is 0.497 e. The van der Waals surface area contributed by atoms with Crippen molar-refractivity contribution in [3.05, 3.63) is 29.3 Å². The van der Waals surface area contributed by atoms with E-state index in [0.717, 1.165) is 24.2 Å². The highest BCUT2D eigenvalue weighted by Crippen LogP contribution is 2.24. The lowest BCUT2D eigenvalue weighted by atomic mass is 9.88. The molecule has 1 aromatic rings. The number of methoxy groups -OCH3 is 1. The number of hydrogen-bond acceptors (Lipinski definition) is 5. The van der Waals surface area contributed by atoms with Crippen molar-refractivity contribution in [1.82, 2.24) is 10.2 Å². The monoisotopic (exact) mass is 376 g/mol. The molecule has 0 aliphatic carbocycles. The third-order valence-corrected chi connectivity index (χ3v) is 4.69. The van der Waals surface area contributed by atoms with Crippen molar-refractivity contribution in [3.63, 3.8) is 0 Å². The summed E-state index contributed by atoms with van der Waals surface area (Å²) in [7, 11) is 1.59. The molecule has 7 nitrogen and oxygen atoms in total. The molecule has 7 heteroatoms. The van der Waals surface area contributed by atoms with E-state index in [1.54, 1.807) is 31.1 Å². The number of nitrogens with zero attached hydrogens (tertiary/aromatic N) is 1. The number of piperidine rings is 1. The Morgan fingerprint density at radius 2 is 2.07 bits per heavy atom. The molecule has 2 amide bonds. The fourth-order valence-electron chi connectivity index (χ4n) is 3.25. The second kappa shape index (κ2) is 9.94. The SMILES string of the molecule is CCOC(=O)CCNC(=O)N1CCC[C@@H](C(=O)c2ccc(OC)cc2C)C1. The number of Topliss-reactive ketones (excluding diaryl/α,β-unsaturated/α-hetero) is 1. The molecule has 0 bridgehead atoms. The van der Waals surface area contributed by atoms with Gasteiger partial charge in [-0.15, -0.1) is 0 Å². The second-order valence-electron chi connectivity index (χ2n) is 6.62. The van der Waals surface area contributed by atoms with Crippen molar-refractivity contribution < 1.29 is 23.9 Å². The molecule has 0 unspecified atom stereocenters. The predicted octanol–water partition coefficient (Wildman–Crippen LogP) is 2.56. The summed E-state index contributed by atoms with van der Waals surface area (Å²) < 4.78 is 10.0. The first-order valence-electron chi connectivity index (χ1n) is 9.33. The van der Waals surface area contributed by atoms with Crippen molar-refractivity contribution in [1.29, 1.82) is 0 Å². The van der Waals surface area contributed by atoms with Gasteiger partial charge in [0.1, 0.15) is 5.75 Å². The molecule has 1 atom stereocenters. The molecule has 1 N–H and O–H groups in total. The maximum Gasteiger partial charge on any atom is 0.317 e. The third-order valence-electron chi connectivity index (χ3n) is 4.69. The van der Waals surface area contributed by atoms with Crippen molar-refractivity contribution in [2.75, 3.05) is 33.4 Å². The number of ether oxygens (including phenoxy) is 2. The summed E-state index contributed by atoms with van der Waals surface area (Å²) in [5, 5.41) is 2.73. The van der Waals surface area contributed by atoms with Crippen LogP contribution in [0.15, 0.2) is 18.2 Å². The van der Waals surface area contributed by atoms with E-state index >= 15 is 0 Å². The molecule has 1 aliphatic rings. The van der Waals surface area contributed by atoms with Crippen LogP contribution in [0.2, 0.25) is 0 Å². The van der Waals surface area contributed by atoms with E-state index in [1.165, 1.54) is 0 Å². The first-order chi connectivity index (χ1) is 13.0. The zero-order chi connectivity index (χ0) is 19.8. The number of carbonyl (C=O) groups excluding carboxylic acids is 3. The number of amides is 2. The maximum atomic E-state index is 12.9. The minimum Gasteiger partial charge on any atom is -0.497 e. The number of aryl methyl sites for hydroxylation is 1. The van der Waals surface area contributed by atoms with Crippen molar-refractivity contribution in [3.8, 4) is 5.75 Å². The highest BCUT2D eigenvalue weighted by atomic mass is 16.5. The van der Waals surface area contributed by atoms with Crippen molar-refractivity contribution in [2.45, 2.75) is 33.1 Å². The Morgan fingerprint density at radius 1 is 1.30 bits per heavy atom. The molecule has 0 spiro atoms. The van der Waals surface area contributed by atoms with Gasteiger partial charge in [0.05, 0.1) is 20.1 Å². The van der Waals surface area contributed by atoms with E-state index in [1.807, 2.05) is 13.0 Å². The maximum absolute atomic E-state index is 12.9. The van der Waals surface area contributed by atoms with E-state index in [-0.39, 0.29) is 36.7 Å². The lowest BCUT2D eigenvalue weighted by Crippen LogP contribution is -2.47. The number of rotatable bonds is 7. The third kappa shape index (κ3) is 5.70. The number of hydrogen-bond donors (Lipinski definition) is 1. The van der Waals surface area contributed by atoms with Gasteiger partial charge in [-0.2, -0.15) is 0 Å². The minimum atomic E-state index is -0.334. The average molecular weight is 376 g/mol. The smallest absolute Gasteiger partial charge is 0.317 e. The lowest BCUT2D eigenvalue weighted by Gasteiger charge is -2.32. The minimum absolute atomic E-state index is 0.0548. The fraction of sp³-hybridized carbons (Fsp3) is 0.550. The van der Waals surface area contributed by atoms with Crippen LogP contribution >= 0.6 is 0 Å². The topological polar surface area (TPSA) is 84.9 Å². The van der Waals surface area contributed by atoms with Gasteiger partial charge in [-0.3, -0.25) is 9.59 Å². The van der Waals surface area contributed by atoms with Crippen LogP contribution in [0.3, 0.4) is 0 Å². The number of esters is 1. The number of nitrogens with one attached hydrogen (secondary N) is 1. The predicted molar refractivity (Wildman–Crippen MR) is 101 cm³/mol. The van der Waals surface area contributed by atoms with Crippen molar-refractivity contribution in [2.24, 2.45) is 5.92 Å². The zero-order valence-electron chi connectivity index (χ0n) is 16.2. The molecule has 0 radical (unpaired) electrons. The molecule has 0 aromatic heterocycles. The van der Waals surface area contributed by atoms with Crippen LogP contribution in [0.4, 0.5) is 4.79 Å². The number of benzene rings is 1. The van der Waals surface area contributed by atoms with Gasteiger partial charge in [0.25, 0.3) is 0 Å². The van der Waals surface area contributed by atoms with Crippen LogP contribution < -0.4 is 10.1 Å². The summed E-state index contributed by atoms with van der Waals surface area (Å²) in [5.41, 5.74) is 1.54. The van der Waals surface area contributed by atoms with Crippen LogP contribution in [0.5, 0.6) is 5.75 Å². The van der Waals surface area contributed by atoms with Crippen LogP contribution in [-0.2, 0) is 9.53 Å². The highest BCUT2D eigenvalue weighted by molar-refractivity contribution is 5.99. The summed E-state index contributed by atoms with van der Waals surface area (Å²) in [6, 6.07) is 5.16. The first-order valence-corrected chi connectivity index (χ1v) is 9.33. The molecule has 2 rings (SSSR count). The Balaban J connectivity index is 1.92. The van der Waals surface area contributed by atoms with Gasteiger partial charge >= 0.3 is 12.0 Å². The Labute approximate surface area is 160 Å². The Morgan fingerprint density at radius 3 is 2.74 bits per heavy atom. The summed E-state index contributed by atoms with van der Waals surface area (Å²) in [5.74, 6) is 0.218. The van der Waals surface area contributed by atoms with Gasteiger partial charge in [-0.05, 0) is 50.5 Å². The molecule has 1 saturated heterocycles. The Bertz CT molecular complexity index is 689. The number of carbonyl (C=O) groups is 3. The van der Waals surface area contributed by atoms with Gasteiger partial charge in [0.2, 0.25) is 0 Å². The van der Waals surface area contributed by atoms with Gasteiger partial charge in [-0.1, -0.05) is 0 Å². The van der Waals surface area contributed by atoms with Crippen LogP contribution in [0.1, 0.15) is 42.1 Å². The summed E-state index contributed by atoms with van der Waals surface area (Å²) in [6.45, 7) is 5.17. The van der Waals surface area contributed by atoms with E-state index in [4.69, 9.17) is 9.47 Å². The first kappa shape index (κ1) is 20.7. The van der Waals surface area contributed by atoms with Gasteiger partial charge < -0.3 is 19.7 Å². The van der Waals surface area contributed by atoms with Crippen LogP contribution in [-0.4, -0.2) is 56.0 Å². The van der Waals surface area contributed by atoms with E-state index < -0.39 is 0 Å². The molecule has 0 saturated carbocycles. The fourth-order valence-corrected chi connectivity index (χ4v) is 3.25. The number of likely N-dealkylation sites (tertiary alicyclic amines) is 1. The van der Waals surface area contributed by atoms with E-state index in [9.17, 15) is 14.4 Å². The molecule has 1 heterocycles. The summed E-state index contributed by atoms with van der Waals surface area (Å²) >= 11 is 0. The van der Waals surface area contributed by atoms with Crippen LogP contribution in [0, 0.1) is 12.8 Å². The van der Waals surface area contributed by atoms with Gasteiger partial charge in [-0.25, -0.2) is 4.79 Å². The van der Waals surface area contributed by atoms with Gasteiger partial charge in [0.15, 0.2) is 5.78 Å². The summed E-state index contributed by atoms with van der Waals surface area (Å²) in [4.78, 5) is 38.2. The molecule has 1 aliphatic heterocycles. The molecular weight excluding hydrogens is 348 g/mol. The summed E-state index contributed by atoms with van der Waals surface area (Å²) in [6.07, 6.45) is 1.68. The molecule has 1 fully saturated rings. The van der Waals surface area contributed by atoms with Gasteiger partial charge in [0, 0.05) is 31.1 Å². The highest BCUT2D eigenvalue weighted by Gasteiger charge is 2.29. The van der Waals surface area contributed by atoms with Crippen LogP contribution in [0.25, 0.3) is 0 Å². The molecule has 148 valence electrons. The molecule has 27 heavy (non-hydrogen) atoms. The second-order valence-corrected chi connectivity index (χ2v) is 6.62. The van der Waals surface area contributed by atoms with E-state index in [0.29, 0.717) is 25.3 Å². The quantitative estimate of drug-likeness (QED) is 0.584. The Kier molecular flexibility index (Phi) is 7.64. The standard InChI is InChI=1S/C20H28N2O5/c1-4-27-18(23)9-10-21-20(25)22-11-5-6-15(13-22)19(24)17-8-7-16(26-3)12-14(17)2/h7-8,12,15H,4-6,9-11,13H2,1-3H3,(H,21,25)/t15-/m1/s1. The van der Waals surface area contributed by atoms with E-state index in [2.05, 4.69) is 5.32 Å². The number of urea groups is 1. The lowest BCUT2D eigenvalue weighted by molar-refractivity contribution is -0.142. The zero-order valence-corrected chi connectivity index (χ0v) is 16.2. The number of ketones is 1. The average Bonchev–Trinajstić information content (AvgIpc) is 2.67. The molecule has 1 aromatic carbocycles. The molecular formula is C20H28N2O5.